The number of nitrogens with one attached hydrogen (secondary N) is 1. The highest BCUT2D eigenvalue weighted by Crippen LogP contribution is 2.41. The molecule has 0 aromatic heterocycles. The van der Waals surface area contributed by atoms with Crippen molar-refractivity contribution in [3.05, 3.63) is 53.1 Å². The molecule has 0 amide bonds. The fraction of sp³-hybridized carbons (Fsp3) is 0.350. The molecular formula is C20H22F4N2OS. The lowest BCUT2D eigenvalue weighted by molar-refractivity contribution is -0.0563. The number of halogens is 4. The van der Waals surface area contributed by atoms with Crippen molar-refractivity contribution in [1.82, 2.24) is 4.90 Å². The average molecular weight is 414 g/mol. The van der Waals surface area contributed by atoms with Crippen molar-refractivity contribution in [3.63, 3.8) is 0 Å². The van der Waals surface area contributed by atoms with Gasteiger partial charge in [-0.3, -0.25) is 5.41 Å². The van der Waals surface area contributed by atoms with Gasteiger partial charge in [0.2, 0.25) is 0 Å². The Kier molecular flexibility index (Phi) is 6.98. The Morgan fingerprint density at radius 3 is 2.46 bits per heavy atom. The third-order valence-electron chi connectivity index (χ3n) is 4.17. The van der Waals surface area contributed by atoms with Crippen molar-refractivity contribution in [1.29, 1.82) is 5.41 Å². The average Bonchev–Trinajstić information content (AvgIpc) is 2.63. The number of thioether (sulfide) groups is 1. The van der Waals surface area contributed by atoms with Crippen LogP contribution in [0.4, 0.5) is 17.6 Å². The normalized spacial score (nSPS) is 11.6. The molecule has 0 bridgehead atoms. The molecule has 0 radical (unpaired) electrons. The van der Waals surface area contributed by atoms with Crippen molar-refractivity contribution in [2.24, 2.45) is 0 Å². The van der Waals surface area contributed by atoms with E-state index in [0.29, 0.717) is 18.1 Å². The zero-order valence-electron chi connectivity index (χ0n) is 16.0. The Bertz CT molecular complexity index is 858. The summed E-state index contributed by atoms with van der Waals surface area (Å²) in [6.07, 6.45) is -3.75. The Hall–Kier alpha value is -2.22. The smallest absolute Gasteiger partial charge is 0.357 e. The van der Waals surface area contributed by atoms with Crippen LogP contribution < -0.4 is 4.74 Å². The molecule has 0 aliphatic rings. The molecular weight excluding hydrogens is 392 g/mol. The summed E-state index contributed by atoms with van der Waals surface area (Å²) in [6, 6.07) is 9.29. The Balaban J connectivity index is 2.26. The standard InChI is InChI=1S/C20H22F4N2OS/c1-5-26(4)18(25)16-9-13(3)17(10-12(16)2)27-14-7-6-8-15(11-14)28-20(23,24)19(21)22/h6-11,19,25H,5H2,1-4H3. The van der Waals surface area contributed by atoms with E-state index >= 15 is 0 Å². The molecule has 2 aromatic rings. The number of rotatable bonds is 7. The summed E-state index contributed by atoms with van der Waals surface area (Å²) >= 11 is -0.199. The van der Waals surface area contributed by atoms with Crippen LogP contribution in [0.25, 0.3) is 0 Å². The number of alkyl halides is 4. The van der Waals surface area contributed by atoms with Gasteiger partial charge in [0, 0.05) is 24.1 Å². The molecule has 152 valence electrons. The molecule has 2 aromatic carbocycles. The lowest BCUT2D eigenvalue weighted by Gasteiger charge is -2.21. The molecule has 0 saturated heterocycles. The van der Waals surface area contributed by atoms with Gasteiger partial charge in [-0.2, -0.15) is 8.78 Å². The van der Waals surface area contributed by atoms with E-state index < -0.39 is 11.7 Å². The quantitative estimate of drug-likeness (QED) is 0.249. The second kappa shape index (κ2) is 8.86. The number of hydrogen-bond donors (Lipinski definition) is 1. The molecule has 0 atom stereocenters. The second-order valence-corrected chi connectivity index (χ2v) is 7.56. The van der Waals surface area contributed by atoms with Crippen LogP contribution in [0.15, 0.2) is 41.3 Å². The van der Waals surface area contributed by atoms with Crippen LogP contribution in [0, 0.1) is 19.3 Å². The molecule has 28 heavy (non-hydrogen) atoms. The maximum absolute atomic E-state index is 13.3. The van der Waals surface area contributed by atoms with Crippen LogP contribution in [-0.4, -0.2) is 36.0 Å². The third-order valence-corrected chi connectivity index (χ3v) is 5.11. The SMILES string of the molecule is CCN(C)C(=N)c1cc(C)c(Oc2cccc(SC(F)(F)C(F)F)c2)cc1C. The molecule has 0 aliphatic heterocycles. The second-order valence-electron chi connectivity index (χ2n) is 6.34. The highest BCUT2D eigenvalue weighted by atomic mass is 32.2. The van der Waals surface area contributed by atoms with Crippen LogP contribution in [0.5, 0.6) is 11.5 Å². The van der Waals surface area contributed by atoms with Gasteiger partial charge in [0.15, 0.2) is 0 Å². The topological polar surface area (TPSA) is 36.3 Å². The molecule has 3 nitrogen and oxygen atoms in total. The zero-order chi connectivity index (χ0) is 21.1. The predicted octanol–water partition coefficient (Wildman–Crippen LogP) is 6.32. The van der Waals surface area contributed by atoms with E-state index in [9.17, 15) is 17.6 Å². The Labute approximate surface area is 166 Å². The lowest BCUT2D eigenvalue weighted by atomic mass is 10.0. The summed E-state index contributed by atoms with van der Waals surface area (Å²) in [5, 5.41) is 4.09. The molecule has 2 rings (SSSR count). The van der Waals surface area contributed by atoms with E-state index in [0.717, 1.165) is 16.7 Å². The first kappa shape index (κ1) is 22.1. The van der Waals surface area contributed by atoms with E-state index in [1.165, 1.54) is 18.2 Å². The number of nitrogens with zero attached hydrogens (tertiary/aromatic N) is 1. The van der Waals surface area contributed by atoms with Gasteiger partial charge in [0.25, 0.3) is 0 Å². The minimum absolute atomic E-state index is 0.0138. The van der Waals surface area contributed by atoms with Crippen molar-refractivity contribution in [2.75, 3.05) is 13.6 Å². The van der Waals surface area contributed by atoms with Crippen LogP contribution in [-0.2, 0) is 0 Å². The summed E-state index contributed by atoms with van der Waals surface area (Å²) in [6.45, 7) is 6.33. The Morgan fingerprint density at radius 1 is 1.18 bits per heavy atom. The van der Waals surface area contributed by atoms with Crippen LogP contribution >= 0.6 is 11.8 Å². The molecule has 1 N–H and O–H groups in total. The highest BCUT2D eigenvalue weighted by molar-refractivity contribution is 8.00. The number of ether oxygens (including phenoxy) is 1. The molecule has 0 saturated carbocycles. The fourth-order valence-electron chi connectivity index (χ4n) is 2.45. The van der Waals surface area contributed by atoms with Crippen molar-refractivity contribution in [2.45, 2.75) is 37.3 Å². The minimum atomic E-state index is -4.17. The fourth-order valence-corrected chi connectivity index (χ4v) is 3.17. The first-order valence-corrected chi connectivity index (χ1v) is 9.41. The van der Waals surface area contributed by atoms with Crippen molar-refractivity contribution in [3.8, 4) is 11.5 Å². The summed E-state index contributed by atoms with van der Waals surface area (Å²) in [4.78, 5) is 1.80. The number of hydrogen-bond acceptors (Lipinski definition) is 3. The van der Waals surface area contributed by atoms with E-state index in [4.69, 9.17) is 10.1 Å². The third kappa shape index (κ3) is 5.19. The van der Waals surface area contributed by atoms with E-state index in [1.54, 1.807) is 12.1 Å². The van der Waals surface area contributed by atoms with Crippen LogP contribution in [0.3, 0.4) is 0 Å². The highest BCUT2D eigenvalue weighted by Gasteiger charge is 2.42. The molecule has 0 fully saturated rings. The number of amidine groups is 1. The van der Waals surface area contributed by atoms with E-state index in [2.05, 4.69) is 0 Å². The van der Waals surface area contributed by atoms with Crippen molar-refractivity contribution >= 4 is 17.6 Å². The molecule has 0 unspecified atom stereocenters. The molecule has 0 aliphatic carbocycles. The Morgan fingerprint density at radius 2 is 1.86 bits per heavy atom. The number of benzene rings is 2. The summed E-state index contributed by atoms with van der Waals surface area (Å²) < 4.78 is 57.1. The van der Waals surface area contributed by atoms with Gasteiger partial charge in [0.05, 0.1) is 0 Å². The maximum atomic E-state index is 13.3. The van der Waals surface area contributed by atoms with E-state index in [-0.39, 0.29) is 22.4 Å². The number of aryl methyl sites for hydroxylation is 2. The maximum Gasteiger partial charge on any atom is 0.357 e. The first-order chi connectivity index (χ1) is 13.0. The van der Waals surface area contributed by atoms with Crippen LogP contribution in [0.2, 0.25) is 0 Å². The van der Waals surface area contributed by atoms with Gasteiger partial charge in [-0.15, -0.1) is 0 Å². The summed E-state index contributed by atoms with van der Waals surface area (Å²) in [5.74, 6) is 1.17. The van der Waals surface area contributed by atoms with Gasteiger partial charge in [-0.25, -0.2) is 8.78 Å². The molecule has 0 spiro atoms. The monoisotopic (exact) mass is 414 g/mol. The lowest BCUT2D eigenvalue weighted by Crippen LogP contribution is -2.27. The zero-order valence-corrected chi connectivity index (χ0v) is 16.8. The van der Waals surface area contributed by atoms with Gasteiger partial charge in [-0.1, -0.05) is 6.07 Å². The van der Waals surface area contributed by atoms with Gasteiger partial charge in [-0.05, 0) is 74.0 Å². The molecule has 8 heteroatoms. The van der Waals surface area contributed by atoms with E-state index in [1.807, 2.05) is 38.8 Å². The summed E-state index contributed by atoms with van der Waals surface area (Å²) in [7, 11) is 1.83. The summed E-state index contributed by atoms with van der Waals surface area (Å²) in [5.41, 5.74) is 2.38. The minimum Gasteiger partial charge on any atom is -0.457 e. The first-order valence-electron chi connectivity index (χ1n) is 8.59. The van der Waals surface area contributed by atoms with Crippen LogP contribution in [0.1, 0.15) is 23.6 Å². The predicted molar refractivity (Wildman–Crippen MR) is 104 cm³/mol. The van der Waals surface area contributed by atoms with Gasteiger partial charge >= 0.3 is 11.7 Å². The van der Waals surface area contributed by atoms with Crippen molar-refractivity contribution < 1.29 is 22.3 Å². The largest absolute Gasteiger partial charge is 0.457 e. The van der Waals surface area contributed by atoms with Gasteiger partial charge < -0.3 is 9.64 Å². The molecule has 0 heterocycles. The van der Waals surface area contributed by atoms with Gasteiger partial charge in [0.1, 0.15) is 17.3 Å².